The number of carbonyl (C=O) groups is 3. The minimum Gasteiger partial charge on any atom is -0.383 e. The molecule has 2 rings (SSSR count). The molecular formula is C16H21N3O4. The van der Waals surface area contributed by atoms with Crippen molar-refractivity contribution in [3.05, 3.63) is 30.3 Å². The number of carbonyl (C=O) groups excluding carboxylic acids is 3. The van der Waals surface area contributed by atoms with E-state index < -0.39 is 12.1 Å². The summed E-state index contributed by atoms with van der Waals surface area (Å²) < 4.78 is 5.00. The number of urea groups is 1. The third-order valence-corrected chi connectivity index (χ3v) is 3.62. The van der Waals surface area contributed by atoms with E-state index in [0.717, 1.165) is 4.90 Å². The molecule has 1 fully saturated rings. The van der Waals surface area contributed by atoms with E-state index in [1.807, 2.05) is 6.07 Å². The smallest absolute Gasteiger partial charge is 0.332 e. The van der Waals surface area contributed by atoms with E-state index in [1.54, 1.807) is 31.2 Å². The van der Waals surface area contributed by atoms with Crippen molar-refractivity contribution in [2.24, 2.45) is 0 Å². The summed E-state index contributed by atoms with van der Waals surface area (Å²) in [6, 6.07) is 7.48. The Bertz CT molecular complexity index is 576. The van der Waals surface area contributed by atoms with Crippen LogP contribution in [-0.2, 0) is 14.3 Å². The van der Waals surface area contributed by atoms with Gasteiger partial charge in [-0.2, -0.15) is 0 Å². The Hall–Kier alpha value is -2.41. The maximum Gasteiger partial charge on any atom is 0.332 e. The quantitative estimate of drug-likeness (QED) is 0.760. The molecule has 0 aromatic heterocycles. The number of rotatable bonds is 7. The molecule has 1 atom stereocenters. The summed E-state index contributed by atoms with van der Waals surface area (Å²) in [5, 5.41) is 2.66. The summed E-state index contributed by atoms with van der Waals surface area (Å²) in [5.41, 5.74) is 0.503. The number of amides is 4. The lowest BCUT2D eigenvalue weighted by atomic mass is 10.1. The van der Waals surface area contributed by atoms with Crippen molar-refractivity contribution < 1.29 is 19.1 Å². The van der Waals surface area contributed by atoms with Crippen LogP contribution >= 0.6 is 0 Å². The second-order valence-corrected chi connectivity index (χ2v) is 5.15. The molecule has 1 aromatic carbocycles. The molecule has 0 saturated carbocycles. The standard InChI is InChI=1S/C16H21N3O4/c1-3-17-14(20)11-13-15(21)19(12-7-5-4-6-8-12)16(22)18(13)9-10-23-2/h4-8,13H,3,9-11H2,1-2H3,(H,17,20)/t13-/m0/s1. The normalized spacial score (nSPS) is 17.7. The topological polar surface area (TPSA) is 79.0 Å². The highest BCUT2D eigenvalue weighted by molar-refractivity contribution is 6.22. The Morgan fingerprint density at radius 1 is 1.26 bits per heavy atom. The highest BCUT2D eigenvalue weighted by Crippen LogP contribution is 2.26. The van der Waals surface area contributed by atoms with E-state index in [1.165, 1.54) is 12.0 Å². The van der Waals surface area contributed by atoms with E-state index in [-0.39, 0.29) is 24.8 Å². The average Bonchev–Trinajstić information content (AvgIpc) is 2.77. The van der Waals surface area contributed by atoms with Crippen molar-refractivity contribution in [3.8, 4) is 0 Å². The fraction of sp³-hybridized carbons (Fsp3) is 0.438. The van der Waals surface area contributed by atoms with Gasteiger partial charge in [0.05, 0.1) is 18.7 Å². The molecule has 0 bridgehead atoms. The average molecular weight is 319 g/mol. The number of para-hydroxylation sites is 1. The van der Waals surface area contributed by atoms with Crippen LogP contribution in [0.25, 0.3) is 0 Å². The zero-order chi connectivity index (χ0) is 16.8. The Balaban J connectivity index is 2.25. The lowest BCUT2D eigenvalue weighted by Gasteiger charge is -2.20. The molecule has 0 unspecified atom stereocenters. The lowest BCUT2D eigenvalue weighted by Crippen LogP contribution is -2.41. The summed E-state index contributed by atoms with van der Waals surface area (Å²) in [6.07, 6.45) is -0.0501. The molecule has 0 radical (unpaired) electrons. The number of nitrogens with one attached hydrogen (secondary N) is 1. The molecule has 1 saturated heterocycles. The first-order chi connectivity index (χ1) is 11.1. The molecule has 1 N–H and O–H groups in total. The minimum atomic E-state index is -0.801. The van der Waals surface area contributed by atoms with E-state index in [0.29, 0.717) is 18.8 Å². The van der Waals surface area contributed by atoms with E-state index in [9.17, 15) is 14.4 Å². The van der Waals surface area contributed by atoms with Crippen molar-refractivity contribution in [1.29, 1.82) is 0 Å². The Morgan fingerprint density at radius 2 is 1.96 bits per heavy atom. The van der Waals surface area contributed by atoms with Gasteiger partial charge in [-0.1, -0.05) is 18.2 Å². The summed E-state index contributed by atoms with van der Waals surface area (Å²) in [4.78, 5) is 39.7. The van der Waals surface area contributed by atoms with Gasteiger partial charge in [0, 0.05) is 20.2 Å². The predicted octanol–water partition coefficient (Wildman–Crippen LogP) is 0.996. The van der Waals surface area contributed by atoms with E-state index in [4.69, 9.17) is 4.74 Å². The maximum absolute atomic E-state index is 12.7. The van der Waals surface area contributed by atoms with Crippen molar-refractivity contribution in [2.45, 2.75) is 19.4 Å². The summed E-state index contributed by atoms with van der Waals surface area (Å²) in [6.45, 7) is 2.84. The highest BCUT2D eigenvalue weighted by atomic mass is 16.5. The van der Waals surface area contributed by atoms with Gasteiger partial charge in [0.25, 0.3) is 5.91 Å². The molecule has 7 nitrogen and oxygen atoms in total. The van der Waals surface area contributed by atoms with Gasteiger partial charge < -0.3 is 15.0 Å². The summed E-state index contributed by atoms with van der Waals surface area (Å²) >= 11 is 0. The van der Waals surface area contributed by atoms with Gasteiger partial charge in [-0.05, 0) is 19.1 Å². The second-order valence-electron chi connectivity index (χ2n) is 5.15. The molecule has 7 heteroatoms. The van der Waals surface area contributed by atoms with Crippen LogP contribution in [0, 0.1) is 0 Å². The van der Waals surface area contributed by atoms with Gasteiger partial charge in [-0.25, -0.2) is 9.69 Å². The molecule has 1 aromatic rings. The first-order valence-corrected chi connectivity index (χ1v) is 7.55. The lowest BCUT2D eigenvalue weighted by molar-refractivity contribution is -0.127. The zero-order valence-corrected chi connectivity index (χ0v) is 13.3. The van der Waals surface area contributed by atoms with Crippen molar-refractivity contribution in [1.82, 2.24) is 10.2 Å². The van der Waals surface area contributed by atoms with Crippen molar-refractivity contribution >= 4 is 23.5 Å². The predicted molar refractivity (Wildman–Crippen MR) is 85.0 cm³/mol. The highest BCUT2D eigenvalue weighted by Gasteiger charge is 2.46. The molecule has 23 heavy (non-hydrogen) atoms. The van der Waals surface area contributed by atoms with Gasteiger partial charge in [-0.15, -0.1) is 0 Å². The molecular weight excluding hydrogens is 298 g/mol. The van der Waals surface area contributed by atoms with Gasteiger partial charge in [0.1, 0.15) is 6.04 Å². The molecule has 0 aliphatic carbocycles. The number of imide groups is 1. The maximum atomic E-state index is 12.7. The molecule has 1 aliphatic heterocycles. The molecule has 4 amide bonds. The SMILES string of the molecule is CCNC(=O)C[C@H]1C(=O)N(c2ccccc2)C(=O)N1CCOC. The number of anilines is 1. The first-order valence-electron chi connectivity index (χ1n) is 7.55. The monoisotopic (exact) mass is 319 g/mol. The van der Waals surface area contributed by atoms with Crippen LogP contribution in [0.4, 0.5) is 10.5 Å². The zero-order valence-electron chi connectivity index (χ0n) is 13.3. The van der Waals surface area contributed by atoms with Crippen LogP contribution in [-0.4, -0.2) is 55.6 Å². The number of hydrogen-bond acceptors (Lipinski definition) is 4. The largest absolute Gasteiger partial charge is 0.383 e. The second kappa shape index (κ2) is 7.73. The van der Waals surface area contributed by atoms with Gasteiger partial charge in [-0.3, -0.25) is 9.59 Å². The van der Waals surface area contributed by atoms with Crippen LogP contribution in [0.15, 0.2) is 30.3 Å². The molecule has 1 aliphatic rings. The van der Waals surface area contributed by atoms with Crippen molar-refractivity contribution in [3.63, 3.8) is 0 Å². The number of ether oxygens (including phenoxy) is 1. The number of nitrogens with zero attached hydrogens (tertiary/aromatic N) is 2. The fourth-order valence-corrected chi connectivity index (χ4v) is 2.54. The molecule has 1 heterocycles. The number of benzene rings is 1. The van der Waals surface area contributed by atoms with Gasteiger partial charge in [0.2, 0.25) is 5.91 Å². The Labute approximate surface area is 135 Å². The first kappa shape index (κ1) is 17.0. The van der Waals surface area contributed by atoms with Crippen LogP contribution in [0.1, 0.15) is 13.3 Å². The minimum absolute atomic E-state index is 0.0501. The van der Waals surface area contributed by atoms with E-state index in [2.05, 4.69) is 5.32 Å². The van der Waals surface area contributed by atoms with Crippen LogP contribution < -0.4 is 10.2 Å². The van der Waals surface area contributed by atoms with Gasteiger partial charge in [0.15, 0.2) is 0 Å². The summed E-state index contributed by atoms with van der Waals surface area (Å²) in [7, 11) is 1.52. The number of hydrogen-bond donors (Lipinski definition) is 1. The Kier molecular flexibility index (Phi) is 5.70. The van der Waals surface area contributed by atoms with Crippen LogP contribution in [0.2, 0.25) is 0 Å². The molecule has 124 valence electrons. The third kappa shape index (κ3) is 3.68. The van der Waals surface area contributed by atoms with E-state index >= 15 is 0 Å². The van der Waals surface area contributed by atoms with Crippen LogP contribution in [0.5, 0.6) is 0 Å². The number of methoxy groups -OCH3 is 1. The molecule has 0 spiro atoms. The van der Waals surface area contributed by atoms with Crippen LogP contribution in [0.3, 0.4) is 0 Å². The van der Waals surface area contributed by atoms with Crippen molar-refractivity contribution in [2.75, 3.05) is 31.7 Å². The van der Waals surface area contributed by atoms with Gasteiger partial charge >= 0.3 is 6.03 Å². The fourth-order valence-electron chi connectivity index (χ4n) is 2.54. The third-order valence-electron chi connectivity index (χ3n) is 3.62. The summed E-state index contributed by atoms with van der Waals surface area (Å²) in [5.74, 6) is -0.639. The Morgan fingerprint density at radius 3 is 2.57 bits per heavy atom.